The van der Waals surface area contributed by atoms with Crippen molar-refractivity contribution in [3.8, 4) is 0 Å². The fraction of sp³-hybridized carbons (Fsp3) is 1.00. The van der Waals surface area contributed by atoms with Crippen LogP contribution in [-0.2, 0) is 0 Å². The van der Waals surface area contributed by atoms with Gasteiger partial charge in [-0.3, -0.25) is 0 Å². The Morgan fingerprint density at radius 3 is 2.57 bits per heavy atom. The normalized spacial score (nSPS) is 18.9. The molecule has 1 aliphatic rings. The van der Waals surface area contributed by atoms with Crippen molar-refractivity contribution in [1.82, 2.24) is 4.90 Å². The number of nitrogens with two attached hydrogens (primary N) is 1. The van der Waals surface area contributed by atoms with E-state index in [2.05, 4.69) is 18.7 Å². The highest BCUT2D eigenvalue weighted by Gasteiger charge is 2.24. The van der Waals surface area contributed by atoms with E-state index in [1.807, 2.05) is 0 Å². The highest BCUT2D eigenvalue weighted by atomic mass is 15.1. The van der Waals surface area contributed by atoms with Crippen molar-refractivity contribution < 1.29 is 0 Å². The fourth-order valence-electron chi connectivity index (χ4n) is 1.89. The molecule has 2 N–H and O–H groups in total. The number of nitrogens with zero attached hydrogens (tertiary/aromatic N) is 1. The van der Waals surface area contributed by atoms with Crippen LogP contribution in [0.3, 0.4) is 0 Å². The molecule has 2 heteroatoms. The van der Waals surface area contributed by atoms with Crippen molar-refractivity contribution in [2.75, 3.05) is 19.6 Å². The van der Waals surface area contributed by atoms with Gasteiger partial charge in [-0.25, -0.2) is 0 Å². The molecule has 1 saturated carbocycles. The molecule has 1 fully saturated rings. The second-order valence-electron chi connectivity index (χ2n) is 4.70. The van der Waals surface area contributed by atoms with Crippen molar-refractivity contribution in [2.24, 2.45) is 11.7 Å². The van der Waals surface area contributed by atoms with E-state index in [1.165, 1.54) is 38.6 Å². The Morgan fingerprint density at radius 1 is 1.36 bits per heavy atom. The Balaban J connectivity index is 2.10. The van der Waals surface area contributed by atoms with Crippen molar-refractivity contribution in [1.29, 1.82) is 0 Å². The van der Waals surface area contributed by atoms with Crippen LogP contribution >= 0.6 is 0 Å². The van der Waals surface area contributed by atoms with Gasteiger partial charge in [-0.05, 0) is 31.7 Å². The van der Waals surface area contributed by atoms with Gasteiger partial charge < -0.3 is 10.6 Å². The third kappa shape index (κ3) is 4.97. The number of hydrogen-bond acceptors (Lipinski definition) is 2. The third-order valence-electron chi connectivity index (χ3n) is 3.08. The highest BCUT2D eigenvalue weighted by Crippen LogP contribution is 2.29. The fourth-order valence-corrected chi connectivity index (χ4v) is 1.89. The molecule has 0 aliphatic heterocycles. The summed E-state index contributed by atoms with van der Waals surface area (Å²) in [5.41, 5.74) is 6.09. The second-order valence-corrected chi connectivity index (χ2v) is 4.70. The van der Waals surface area contributed by atoms with E-state index in [4.69, 9.17) is 5.73 Å². The average molecular weight is 198 g/mol. The summed E-state index contributed by atoms with van der Waals surface area (Å²) in [5, 5.41) is 0. The summed E-state index contributed by atoms with van der Waals surface area (Å²) >= 11 is 0. The molecule has 0 aromatic rings. The molecule has 1 atom stereocenters. The van der Waals surface area contributed by atoms with Crippen LogP contribution in [0, 0.1) is 5.92 Å². The summed E-state index contributed by atoms with van der Waals surface area (Å²) < 4.78 is 0. The first-order valence-corrected chi connectivity index (χ1v) is 6.24. The van der Waals surface area contributed by atoms with Gasteiger partial charge in [0.15, 0.2) is 0 Å². The molecule has 0 radical (unpaired) electrons. The zero-order valence-electron chi connectivity index (χ0n) is 9.84. The molecule has 0 spiro atoms. The van der Waals surface area contributed by atoms with E-state index in [0.29, 0.717) is 6.04 Å². The summed E-state index contributed by atoms with van der Waals surface area (Å²) in [5.74, 6) is 0.994. The number of rotatable bonds is 8. The van der Waals surface area contributed by atoms with E-state index in [1.54, 1.807) is 0 Å². The van der Waals surface area contributed by atoms with Gasteiger partial charge in [0, 0.05) is 19.1 Å². The van der Waals surface area contributed by atoms with E-state index < -0.39 is 0 Å². The largest absolute Gasteiger partial charge is 0.327 e. The van der Waals surface area contributed by atoms with Crippen molar-refractivity contribution in [3.05, 3.63) is 0 Å². The first-order chi connectivity index (χ1) is 6.76. The maximum Gasteiger partial charge on any atom is 0.0167 e. The lowest BCUT2D eigenvalue weighted by Gasteiger charge is -2.24. The molecule has 0 heterocycles. The molecule has 0 bridgehead atoms. The molecular formula is C12H26N2. The molecule has 84 valence electrons. The van der Waals surface area contributed by atoms with E-state index in [0.717, 1.165) is 19.0 Å². The average Bonchev–Trinajstić information content (AvgIpc) is 2.97. The van der Waals surface area contributed by atoms with Crippen molar-refractivity contribution in [2.45, 2.75) is 52.0 Å². The topological polar surface area (TPSA) is 29.3 Å². The zero-order chi connectivity index (χ0) is 10.4. The molecule has 14 heavy (non-hydrogen) atoms. The summed E-state index contributed by atoms with van der Waals surface area (Å²) in [6.07, 6.45) is 6.63. The Hall–Kier alpha value is -0.0800. The van der Waals surface area contributed by atoms with Crippen LogP contribution in [-0.4, -0.2) is 30.6 Å². The Bertz CT molecular complexity index is 143. The lowest BCUT2D eigenvalue weighted by atomic mass is 10.1. The van der Waals surface area contributed by atoms with E-state index >= 15 is 0 Å². The van der Waals surface area contributed by atoms with Gasteiger partial charge in [0.05, 0.1) is 0 Å². The van der Waals surface area contributed by atoms with Gasteiger partial charge in [0.1, 0.15) is 0 Å². The van der Waals surface area contributed by atoms with Crippen LogP contribution in [0.5, 0.6) is 0 Å². The maximum absolute atomic E-state index is 6.09. The molecular weight excluding hydrogens is 172 g/mol. The van der Waals surface area contributed by atoms with Gasteiger partial charge in [-0.15, -0.1) is 0 Å². The quantitative estimate of drug-likeness (QED) is 0.648. The van der Waals surface area contributed by atoms with Crippen molar-refractivity contribution in [3.63, 3.8) is 0 Å². The second kappa shape index (κ2) is 6.41. The Kier molecular flexibility index (Phi) is 5.49. The van der Waals surface area contributed by atoms with Gasteiger partial charge in [-0.2, -0.15) is 0 Å². The van der Waals surface area contributed by atoms with Crippen LogP contribution in [0.4, 0.5) is 0 Å². The molecule has 0 amide bonds. The smallest absolute Gasteiger partial charge is 0.0167 e. The Morgan fingerprint density at radius 2 is 2.07 bits per heavy atom. The summed E-state index contributed by atoms with van der Waals surface area (Å²) in [6.45, 7) is 8.03. The van der Waals surface area contributed by atoms with E-state index in [9.17, 15) is 0 Å². The Labute approximate surface area is 88.8 Å². The first kappa shape index (κ1) is 12.0. The highest BCUT2D eigenvalue weighted by molar-refractivity contribution is 4.78. The van der Waals surface area contributed by atoms with E-state index in [-0.39, 0.29) is 0 Å². The maximum atomic E-state index is 6.09. The van der Waals surface area contributed by atoms with Gasteiger partial charge in [0.25, 0.3) is 0 Å². The minimum Gasteiger partial charge on any atom is -0.327 e. The van der Waals surface area contributed by atoms with Crippen molar-refractivity contribution >= 4 is 0 Å². The standard InChI is InChI=1S/C12H26N2/c1-3-5-6-12(13)10-14(4-2)9-11-7-8-11/h11-12H,3-10,13H2,1-2H3. The van der Waals surface area contributed by atoms with Gasteiger partial charge in [0.2, 0.25) is 0 Å². The minimum absolute atomic E-state index is 0.397. The summed E-state index contributed by atoms with van der Waals surface area (Å²) in [6, 6.07) is 0.397. The molecule has 0 aromatic heterocycles. The van der Waals surface area contributed by atoms with Crippen LogP contribution in [0.2, 0.25) is 0 Å². The lowest BCUT2D eigenvalue weighted by molar-refractivity contribution is 0.253. The molecule has 0 saturated heterocycles. The van der Waals surface area contributed by atoms with Gasteiger partial charge >= 0.3 is 0 Å². The summed E-state index contributed by atoms with van der Waals surface area (Å²) in [7, 11) is 0. The predicted molar refractivity (Wildman–Crippen MR) is 62.3 cm³/mol. The SMILES string of the molecule is CCCCC(N)CN(CC)CC1CC1. The molecule has 1 rings (SSSR count). The monoisotopic (exact) mass is 198 g/mol. The molecule has 2 nitrogen and oxygen atoms in total. The predicted octanol–water partition coefficient (Wildman–Crippen LogP) is 2.24. The molecule has 0 aromatic carbocycles. The number of hydrogen-bond donors (Lipinski definition) is 1. The van der Waals surface area contributed by atoms with Crippen LogP contribution in [0.25, 0.3) is 0 Å². The van der Waals surface area contributed by atoms with Crippen LogP contribution in [0.15, 0.2) is 0 Å². The number of likely N-dealkylation sites (N-methyl/N-ethyl adjacent to an activating group) is 1. The van der Waals surface area contributed by atoms with Crippen LogP contribution < -0.4 is 5.73 Å². The zero-order valence-corrected chi connectivity index (χ0v) is 9.84. The third-order valence-corrected chi connectivity index (χ3v) is 3.08. The van der Waals surface area contributed by atoms with Gasteiger partial charge in [-0.1, -0.05) is 26.7 Å². The first-order valence-electron chi connectivity index (χ1n) is 6.24. The number of unbranched alkanes of at least 4 members (excludes halogenated alkanes) is 1. The summed E-state index contributed by atoms with van der Waals surface area (Å²) in [4.78, 5) is 2.53. The molecule has 1 aliphatic carbocycles. The molecule has 1 unspecified atom stereocenters. The minimum atomic E-state index is 0.397. The van der Waals surface area contributed by atoms with Crippen LogP contribution in [0.1, 0.15) is 46.0 Å². The lowest BCUT2D eigenvalue weighted by Crippen LogP contribution is -2.38.